The zero-order valence-corrected chi connectivity index (χ0v) is 14.9. The van der Waals surface area contributed by atoms with Crippen LogP contribution in [0.4, 0.5) is 8.78 Å². The summed E-state index contributed by atoms with van der Waals surface area (Å²) in [5.74, 6) is -3.61. The van der Waals surface area contributed by atoms with E-state index in [-0.39, 0.29) is 12.5 Å². The minimum Gasteiger partial charge on any atom is -0.502 e. The van der Waals surface area contributed by atoms with Crippen molar-refractivity contribution < 1.29 is 28.2 Å². The van der Waals surface area contributed by atoms with Gasteiger partial charge in [0.05, 0.1) is 13.2 Å². The van der Waals surface area contributed by atoms with E-state index in [0.717, 1.165) is 24.3 Å². The molecule has 142 valence electrons. The Labute approximate surface area is 155 Å². The largest absolute Gasteiger partial charge is 0.502 e. The van der Waals surface area contributed by atoms with E-state index >= 15 is 0 Å². The Balaban J connectivity index is 2.28. The van der Waals surface area contributed by atoms with Crippen molar-refractivity contribution in [3.05, 3.63) is 83.1 Å². The van der Waals surface area contributed by atoms with Crippen molar-refractivity contribution in [3.8, 4) is 0 Å². The second-order valence-corrected chi connectivity index (χ2v) is 5.90. The molecule has 7 heteroatoms. The lowest BCUT2D eigenvalue weighted by molar-refractivity contribution is -0.139. The molecule has 2 aromatic rings. The number of esters is 1. The van der Waals surface area contributed by atoms with Crippen molar-refractivity contribution in [2.45, 2.75) is 5.92 Å². The molecular formula is C20H19F2NO4. The summed E-state index contributed by atoms with van der Waals surface area (Å²) in [7, 11) is 2.57. The number of hydrogen-bond acceptors (Lipinski definition) is 4. The van der Waals surface area contributed by atoms with Gasteiger partial charge < -0.3 is 14.7 Å². The number of halogens is 2. The molecule has 0 fully saturated rings. The molecule has 1 N–H and O–H groups in total. The van der Waals surface area contributed by atoms with E-state index in [9.17, 15) is 23.5 Å². The molecule has 0 aliphatic carbocycles. The zero-order chi connectivity index (χ0) is 20.0. The fraction of sp³-hybridized carbons (Fsp3) is 0.200. The lowest BCUT2D eigenvalue weighted by atomic mass is 9.90. The predicted molar refractivity (Wildman–Crippen MR) is 95.0 cm³/mol. The van der Waals surface area contributed by atoms with Crippen LogP contribution < -0.4 is 0 Å². The minimum atomic E-state index is -1.02. The Kier molecular flexibility index (Phi) is 6.65. The third-order valence-corrected chi connectivity index (χ3v) is 4.03. The maximum Gasteiger partial charge on any atom is 0.373 e. The van der Waals surface area contributed by atoms with Crippen LogP contribution in [0.3, 0.4) is 0 Å². The summed E-state index contributed by atoms with van der Waals surface area (Å²) in [5, 5.41) is 9.52. The van der Waals surface area contributed by atoms with Crippen molar-refractivity contribution in [2.75, 3.05) is 20.7 Å². The van der Waals surface area contributed by atoms with Crippen molar-refractivity contribution in [3.63, 3.8) is 0 Å². The van der Waals surface area contributed by atoms with Crippen molar-refractivity contribution in [1.29, 1.82) is 0 Å². The van der Waals surface area contributed by atoms with Gasteiger partial charge in [0.2, 0.25) is 11.7 Å². The fourth-order valence-corrected chi connectivity index (χ4v) is 2.55. The van der Waals surface area contributed by atoms with Crippen LogP contribution in [0.25, 0.3) is 0 Å². The van der Waals surface area contributed by atoms with Crippen molar-refractivity contribution in [2.24, 2.45) is 0 Å². The smallest absolute Gasteiger partial charge is 0.373 e. The number of hydrogen-bond donors (Lipinski definition) is 1. The van der Waals surface area contributed by atoms with E-state index in [1.807, 2.05) is 0 Å². The Morgan fingerprint density at radius 2 is 1.48 bits per heavy atom. The lowest BCUT2D eigenvalue weighted by Gasteiger charge is -2.24. The van der Waals surface area contributed by atoms with Crippen LogP contribution in [-0.4, -0.2) is 42.6 Å². The quantitative estimate of drug-likeness (QED) is 0.478. The van der Waals surface area contributed by atoms with E-state index in [0.29, 0.717) is 0 Å². The van der Waals surface area contributed by atoms with Crippen LogP contribution in [0, 0.1) is 11.6 Å². The second kappa shape index (κ2) is 8.93. The van der Waals surface area contributed by atoms with Crippen LogP contribution in [0.2, 0.25) is 0 Å². The van der Waals surface area contributed by atoms with Crippen LogP contribution in [0.5, 0.6) is 0 Å². The molecule has 0 aliphatic rings. The average molecular weight is 375 g/mol. The molecule has 1 amide bonds. The lowest BCUT2D eigenvalue weighted by Crippen LogP contribution is -2.31. The van der Waals surface area contributed by atoms with Crippen LogP contribution in [0.15, 0.2) is 60.4 Å². The first-order valence-corrected chi connectivity index (χ1v) is 8.06. The van der Waals surface area contributed by atoms with E-state index in [2.05, 4.69) is 4.74 Å². The molecule has 0 unspecified atom stereocenters. The Morgan fingerprint density at radius 3 is 1.89 bits per heavy atom. The van der Waals surface area contributed by atoms with Crippen molar-refractivity contribution in [1.82, 2.24) is 4.90 Å². The minimum absolute atomic E-state index is 0.154. The molecule has 2 rings (SSSR count). The number of carbonyl (C=O) groups is 2. The van der Waals surface area contributed by atoms with Gasteiger partial charge in [-0.3, -0.25) is 4.79 Å². The Morgan fingerprint density at radius 1 is 1.04 bits per heavy atom. The molecule has 0 atom stereocenters. The Bertz CT molecular complexity index is 787. The third kappa shape index (κ3) is 5.37. The van der Waals surface area contributed by atoms with Gasteiger partial charge in [-0.2, -0.15) is 0 Å². The highest BCUT2D eigenvalue weighted by molar-refractivity contribution is 5.96. The van der Waals surface area contributed by atoms with Gasteiger partial charge in [0.25, 0.3) is 0 Å². The number of aliphatic hydroxyl groups excluding tert-OH is 1. The van der Waals surface area contributed by atoms with E-state index < -0.39 is 29.3 Å². The number of ether oxygens (including phenoxy) is 1. The first kappa shape index (κ1) is 20.1. The number of methoxy groups -OCH3 is 1. The normalized spacial score (nSPS) is 11.4. The summed E-state index contributed by atoms with van der Waals surface area (Å²) in [6, 6.07) is 11.6. The number of aliphatic hydroxyl groups is 1. The molecular weight excluding hydrogens is 356 g/mol. The van der Waals surface area contributed by atoms with Gasteiger partial charge in [-0.05, 0) is 35.4 Å². The summed E-state index contributed by atoms with van der Waals surface area (Å²) in [6.45, 7) is 0.154. The molecule has 0 bridgehead atoms. The van der Waals surface area contributed by atoms with E-state index in [1.165, 1.54) is 36.2 Å². The van der Waals surface area contributed by atoms with E-state index in [1.54, 1.807) is 24.3 Å². The molecule has 0 aromatic heterocycles. The van der Waals surface area contributed by atoms with Gasteiger partial charge in [0.1, 0.15) is 11.6 Å². The van der Waals surface area contributed by atoms with E-state index in [4.69, 9.17) is 0 Å². The highest BCUT2D eigenvalue weighted by Crippen LogP contribution is 2.26. The van der Waals surface area contributed by atoms with Crippen molar-refractivity contribution >= 4 is 11.9 Å². The molecule has 27 heavy (non-hydrogen) atoms. The number of carbonyl (C=O) groups excluding carboxylic acids is 2. The first-order valence-electron chi connectivity index (χ1n) is 8.06. The zero-order valence-electron chi connectivity index (χ0n) is 14.9. The number of nitrogens with zero attached hydrogens (tertiary/aromatic N) is 1. The van der Waals surface area contributed by atoms with Gasteiger partial charge in [-0.25, -0.2) is 13.6 Å². The maximum absolute atomic E-state index is 13.3. The van der Waals surface area contributed by atoms with Crippen LogP contribution in [0.1, 0.15) is 17.0 Å². The van der Waals surface area contributed by atoms with Gasteiger partial charge >= 0.3 is 5.97 Å². The van der Waals surface area contributed by atoms with Crippen LogP contribution in [-0.2, 0) is 14.3 Å². The van der Waals surface area contributed by atoms with Gasteiger partial charge in [0.15, 0.2) is 0 Å². The first-order chi connectivity index (χ1) is 12.8. The summed E-state index contributed by atoms with van der Waals surface area (Å²) < 4.78 is 30.8. The highest BCUT2D eigenvalue weighted by atomic mass is 19.1. The second-order valence-electron chi connectivity index (χ2n) is 5.90. The Hall–Kier alpha value is -3.22. The number of benzene rings is 2. The monoisotopic (exact) mass is 375 g/mol. The highest BCUT2D eigenvalue weighted by Gasteiger charge is 2.20. The molecule has 0 saturated carbocycles. The molecule has 2 aromatic carbocycles. The summed E-state index contributed by atoms with van der Waals surface area (Å²) in [5.41, 5.74) is 1.45. The third-order valence-electron chi connectivity index (χ3n) is 4.03. The van der Waals surface area contributed by atoms with Gasteiger partial charge in [0, 0.05) is 19.5 Å². The predicted octanol–water partition coefficient (Wildman–Crippen LogP) is 3.17. The molecule has 0 spiro atoms. The molecule has 0 aliphatic heterocycles. The number of likely N-dealkylation sites (N-methyl/N-ethyl adjacent to an activating group) is 1. The average Bonchev–Trinajstić information content (AvgIpc) is 2.66. The summed E-state index contributed by atoms with van der Waals surface area (Å²) >= 11 is 0. The van der Waals surface area contributed by atoms with Gasteiger partial charge in [-0.15, -0.1) is 0 Å². The molecule has 0 heterocycles. The van der Waals surface area contributed by atoms with Crippen LogP contribution >= 0.6 is 0 Å². The standard InChI is InChI=1S/C20H19F2NO4/c1-23(19(25)11-18(24)20(26)27-2)12-17(13-3-7-15(21)8-4-13)14-5-9-16(22)10-6-14/h3-11,17,24H,12H2,1-2H3/b18-11-. The molecule has 0 saturated heterocycles. The topological polar surface area (TPSA) is 66.8 Å². The summed E-state index contributed by atoms with van der Waals surface area (Å²) in [6.07, 6.45) is 0.762. The maximum atomic E-state index is 13.3. The summed E-state index contributed by atoms with van der Waals surface area (Å²) in [4.78, 5) is 24.7. The molecule has 0 radical (unpaired) electrons. The SMILES string of the molecule is COC(=O)/C(O)=C/C(=O)N(C)CC(c1ccc(F)cc1)c1ccc(F)cc1. The molecule has 5 nitrogen and oxygen atoms in total. The number of amides is 1. The number of rotatable bonds is 6. The van der Waals surface area contributed by atoms with Gasteiger partial charge in [-0.1, -0.05) is 24.3 Å². The fourth-order valence-electron chi connectivity index (χ4n) is 2.55.